The topological polar surface area (TPSA) is 82.2 Å². The van der Waals surface area contributed by atoms with Crippen LogP contribution in [0, 0.1) is 6.92 Å². The number of carbonyl (C=O) groups is 1. The molecule has 0 aliphatic carbocycles. The Hall–Kier alpha value is -1.88. The Morgan fingerprint density at radius 3 is 2.65 bits per heavy atom. The highest BCUT2D eigenvalue weighted by atomic mass is 32.2. The van der Waals surface area contributed by atoms with Crippen molar-refractivity contribution in [3.63, 3.8) is 0 Å². The van der Waals surface area contributed by atoms with E-state index in [1.807, 2.05) is 19.1 Å². The molecular formula is C12H12N2O2S. The zero-order valence-electron chi connectivity index (χ0n) is 9.27. The van der Waals surface area contributed by atoms with Gasteiger partial charge in [0.15, 0.2) is 0 Å². The quantitative estimate of drug-likeness (QED) is 0.817. The number of furan rings is 1. The summed E-state index contributed by atoms with van der Waals surface area (Å²) in [7, 11) is 0. The Morgan fingerprint density at radius 2 is 2.06 bits per heavy atom. The molecule has 2 aromatic rings. The minimum atomic E-state index is -0.520. The van der Waals surface area contributed by atoms with Crippen molar-refractivity contribution in [3.8, 4) is 0 Å². The molecular weight excluding hydrogens is 236 g/mol. The summed E-state index contributed by atoms with van der Waals surface area (Å²) < 4.78 is 5.20. The number of primary amides is 1. The summed E-state index contributed by atoms with van der Waals surface area (Å²) in [5.41, 5.74) is 11.9. The van der Waals surface area contributed by atoms with Crippen LogP contribution in [0.2, 0.25) is 0 Å². The standard InChI is InChI=1S/C12H12N2O2S/c1-7-9(5-6-16-7)17-10-4-2-3-8(11(10)13)12(14)15/h2-6H,13H2,1H3,(H2,14,15). The molecule has 1 aromatic heterocycles. The van der Waals surface area contributed by atoms with Crippen LogP contribution in [0.4, 0.5) is 5.69 Å². The zero-order chi connectivity index (χ0) is 12.4. The van der Waals surface area contributed by atoms with E-state index < -0.39 is 5.91 Å². The Bertz CT molecular complexity index is 563. The largest absolute Gasteiger partial charge is 0.468 e. The molecule has 1 heterocycles. The maximum atomic E-state index is 11.2. The number of hydrogen-bond acceptors (Lipinski definition) is 4. The minimum absolute atomic E-state index is 0.344. The van der Waals surface area contributed by atoms with Gasteiger partial charge in [-0.15, -0.1) is 0 Å². The third-order valence-electron chi connectivity index (χ3n) is 2.36. The van der Waals surface area contributed by atoms with Gasteiger partial charge in [0.2, 0.25) is 0 Å². The highest BCUT2D eigenvalue weighted by Gasteiger charge is 2.12. The van der Waals surface area contributed by atoms with Gasteiger partial charge >= 0.3 is 0 Å². The molecule has 0 aliphatic rings. The van der Waals surface area contributed by atoms with Crippen molar-refractivity contribution in [2.75, 3.05) is 5.73 Å². The van der Waals surface area contributed by atoms with Crippen LogP contribution in [0.5, 0.6) is 0 Å². The monoisotopic (exact) mass is 248 g/mol. The highest BCUT2D eigenvalue weighted by Crippen LogP contribution is 2.35. The first-order valence-corrected chi connectivity index (χ1v) is 5.81. The van der Waals surface area contributed by atoms with Gasteiger partial charge in [-0.2, -0.15) is 0 Å². The molecule has 5 heteroatoms. The Kier molecular flexibility index (Phi) is 3.10. The normalized spacial score (nSPS) is 10.4. The smallest absolute Gasteiger partial charge is 0.250 e. The number of para-hydroxylation sites is 1. The molecule has 0 saturated heterocycles. The van der Waals surface area contributed by atoms with Gasteiger partial charge in [0.05, 0.1) is 22.4 Å². The van der Waals surface area contributed by atoms with Crippen molar-refractivity contribution in [2.45, 2.75) is 16.7 Å². The molecule has 0 atom stereocenters. The molecule has 0 unspecified atom stereocenters. The molecule has 2 rings (SSSR count). The lowest BCUT2D eigenvalue weighted by atomic mass is 10.2. The second kappa shape index (κ2) is 4.55. The van der Waals surface area contributed by atoms with Crippen molar-refractivity contribution >= 4 is 23.4 Å². The fourth-order valence-electron chi connectivity index (χ4n) is 1.45. The minimum Gasteiger partial charge on any atom is -0.468 e. The van der Waals surface area contributed by atoms with Crippen LogP contribution in [0.25, 0.3) is 0 Å². The van der Waals surface area contributed by atoms with E-state index in [0.29, 0.717) is 11.3 Å². The van der Waals surface area contributed by atoms with E-state index in [-0.39, 0.29) is 0 Å². The third kappa shape index (κ3) is 2.29. The molecule has 0 radical (unpaired) electrons. The molecule has 0 saturated carbocycles. The molecule has 17 heavy (non-hydrogen) atoms. The average molecular weight is 248 g/mol. The van der Waals surface area contributed by atoms with Crippen LogP contribution < -0.4 is 11.5 Å². The predicted octanol–water partition coefficient (Wildman–Crippen LogP) is 2.42. The van der Waals surface area contributed by atoms with E-state index in [1.165, 1.54) is 11.8 Å². The van der Waals surface area contributed by atoms with E-state index in [4.69, 9.17) is 15.9 Å². The van der Waals surface area contributed by atoms with Gasteiger partial charge in [0, 0.05) is 4.90 Å². The number of nitrogen functional groups attached to an aromatic ring is 1. The zero-order valence-corrected chi connectivity index (χ0v) is 10.1. The summed E-state index contributed by atoms with van der Waals surface area (Å²) in [6, 6.07) is 7.08. The maximum absolute atomic E-state index is 11.2. The van der Waals surface area contributed by atoms with Crippen LogP contribution in [0.3, 0.4) is 0 Å². The molecule has 1 amide bonds. The second-order valence-corrected chi connectivity index (χ2v) is 4.61. The molecule has 4 nitrogen and oxygen atoms in total. The first kappa shape index (κ1) is 11.6. The molecule has 0 aliphatic heterocycles. The van der Waals surface area contributed by atoms with E-state index in [9.17, 15) is 4.79 Å². The summed E-state index contributed by atoms with van der Waals surface area (Å²) in [5, 5.41) is 0. The van der Waals surface area contributed by atoms with E-state index >= 15 is 0 Å². The predicted molar refractivity (Wildman–Crippen MR) is 66.9 cm³/mol. The summed E-state index contributed by atoms with van der Waals surface area (Å²) >= 11 is 1.45. The van der Waals surface area contributed by atoms with E-state index in [0.717, 1.165) is 15.6 Å². The Morgan fingerprint density at radius 1 is 1.29 bits per heavy atom. The van der Waals surface area contributed by atoms with Crippen molar-refractivity contribution < 1.29 is 9.21 Å². The SMILES string of the molecule is Cc1occc1Sc1cccc(C(N)=O)c1N. The third-order valence-corrected chi connectivity index (χ3v) is 3.58. The lowest BCUT2D eigenvalue weighted by Gasteiger charge is -2.07. The van der Waals surface area contributed by atoms with E-state index in [1.54, 1.807) is 18.4 Å². The molecule has 1 aromatic carbocycles. The molecule has 0 fully saturated rings. The van der Waals surface area contributed by atoms with Crippen LogP contribution in [0.1, 0.15) is 16.1 Å². The van der Waals surface area contributed by atoms with Crippen LogP contribution >= 0.6 is 11.8 Å². The summed E-state index contributed by atoms with van der Waals surface area (Å²) in [6.45, 7) is 1.87. The number of anilines is 1. The lowest BCUT2D eigenvalue weighted by Crippen LogP contribution is -2.13. The highest BCUT2D eigenvalue weighted by molar-refractivity contribution is 7.99. The molecule has 0 spiro atoms. The van der Waals surface area contributed by atoms with Crippen molar-refractivity contribution in [1.82, 2.24) is 0 Å². The summed E-state index contributed by atoms with van der Waals surface area (Å²) in [5.74, 6) is 0.299. The van der Waals surface area contributed by atoms with Gasteiger partial charge in [0.1, 0.15) is 5.76 Å². The first-order chi connectivity index (χ1) is 8.09. The van der Waals surface area contributed by atoms with Crippen LogP contribution in [-0.2, 0) is 0 Å². The molecule has 88 valence electrons. The van der Waals surface area contributed by atoms with Gasteiger partial charge < -0.3 is 15.9 Å². The number of benzene rings is 1. The number of hydrogen-bond donors (Lipinski definition) is 2. The van der Waals surface area contributed by atoms with Crippen molar-refractivity contribution in [3.05, 3.63) is 41.9 Å². The second-order valence-electron chi connectivity index (χ2n) is 3.52. The fraction of sp³-hybridized carbons (Fsp3) is 0.0833. The van der Waals surface area contributed by atoms with Crippen LogP contribution in [-0.4, -0.2) is 5.91 Å². The number of aryl methyl sites for hydroxylation is 1. The fourth-order valence-corrected chi connectivity index (χ4v) is 2.36. The van der Waals surface area contributed by atoms with Crippen molar-refractivity contribution in [2.24, 2.45) is 5.73 Å². The van der Waals surface area contributed by atoms with Gasteiger partial charge in [-0.25, -0.2) is 0 Å². The molecule has 0 bridgehead atoms. The van der Waals surface area contributed by atoms with E-state index in [2.05, 4.69) is 0 Å². The van der Waals surface area contributed by atoms with Crippen molar-refractivity contribution in [1.29, 1.82) is 0 Å². The summed E-state index contributed by atoms with van der Waals surface area (Å²) in [4.78, 5) is 12.9. The Labute approximate surface area is 103 Å². The maximum Gasteiger partial charge on any atom is 0.250 e. The number of nitrogens with two attached hydrogens (primary N) is 2. The first-order valence-electron chi connectivity index (χ1n) is 5.00. The molecule has 4 N–H and O–H groups in total. The Balaban J connectivity index is 2.37. The number of rotatable bonds is 3. The summed E-state index contributed by atoms with van der Waals surface area (Å²) in [6.07, 6.45) is 1.62. The average Bonchev–Trinajstić information content (AvgIpc) is 2.67. The number of amides is 1. The lowest BCUT2D eigenvalue weighted by molar-refractivity contribution is 0.100. The van der Waals surface area contributed by atoms with Gasteiger partial charge in [-0.3, -0.25) is 4.79 Å². The van der Waals surface area contributed by atoms with Gasteiger partial charge in [0.25, 0.3) is 5.91 Å². The van der Waals surface area contributed by atoms with Gasteiger partial charge in [-0.05, 0) is 25.1 Å². The number of carbonyl (C=O) groups excluding carboxylic acids is 1. The van der Waals surface area contributed by atoms with Gasteiger partial charge in [-0.1, -0.05) is 17.8 Å². The van der Waals surface area contributed by atoms with Crippen LogP contribution in [0.15, 0.2) is 44.7 Å².